The van der Waals surface area contributed by atoms with Crippen molar-refractivity contribution >= 4 is 0 Å². The van der Waals surface area contributed by atoms with Gasteiger partial charge < -0.3 is 9.84 Å². The van der Waals surface area contributed by atoms with Crippen LogP contribution in [0.25, 0.3) is 0 Å². The number of nitriles is 1. The van der Waals surface area contributed by atoms with Gasteiger partial charge in [-0.2, -0.15) is 5.26 Å². The van der Waals surface area contributed by atoms with Crippen molar-refractivity contribution in [1.82, 2.24) is 0 Å². The maximum atomic E-state index is 9.07. The first-order chi connectivity index (χ1) is 5.70. The van der Waals surface area contributed by atoms with Crippen LogP contribution < -0.4 is 0 Å². The fraction of sp³-hybridized carbons (Fsp3) is 0.889. The molecule has 0 spiro atoms. The van der Waals surface area contributed by atoms with Gasteiger partial charge in [-0.3, -0.25) is 0 Å². The summed E-state index contributed by atoms with van der Waals surface area (Å²) >= 11 is 0. The van der Waals surface area contributed by atoms with Crippen LogP contribution >= 0.6 is 0 Å². The van der Waals surface area contributed by atoms with Crippen LogP contribution in [0.4, 0.5) is 0 Å². The second-order valence-electron chi connectivity index (χ2n) is 2.89. The highest BCUT2D eigenvalue weighted by molar-refractivity contribution is 4.68. The quantitative estimate of drug-likeness (QED) is 0.616. The molecule has 0 aromatic heterocycles. The Morgan fingerprint density at radius 1 is 1.58 bits per heavy atom. The van der Waals surface area contributed by atoms with E-state index >= 15 is 0 Å². The van der Waals surface area contributed by atoms with Crippen LogP contribution in [-0.2, 0) is 4.74 Å². The summed E-state index contributed by atoms with van der Waals surface area (Å²) in [4.78, 5) is 0. The molecular weight excluding hydrogens is 154 g/mol. The standard InChI is InChI=1S/C9H17NO2/c1-3-9(7-8(2)11)12-6-4-5-10/h8-9,11H,3-4,6-7H2,1-2H3. The topological polar surface area (TPSA) is 53.2 Å². The zero-order valence-electron chi connectivity index (χ0n) is 7.79. The van der Waals surface area contributed by atoms with Crippen molar-refractivity contribution in [2.75, 3.05) is 6.61 Å². The van der Waals surface area contributed by atoms with Crippen molar-refractivity contribution < 1.29 is 9.84 Å². The van der Waals surface area contributed by atoms with E-state index in [1.54, 1.807) is 6.92 Å². The third kappa shape index (κ3) is 6.14. The van der Waals surface area contributed by atoms with Gasteiger partial charge >= 0.3 is 0 Å². The zero-order valence-corrected chi connectivity index (χ0v) is 7.79. The Morgan fingerprint density at radius 3 is 2.67 bits per heavy atom. The van der Waals surface area contributed by atoms with Crippen molar-refractivity contribution in [3.8, 4) is 6.07 Å². The third-order valence-corrected chi connectivity index (χ3v) is 1.63. The second kappa shape index (κ2) is 7.08. The van der Waals surface area contributed by atoms with Crippen molar-refractivity contribution in [1.29, 1.82) is 5.26 Å². The first kappa shape index (κ1) is 11.4. The minimum Gasteiger partial charge on any atom is -0.393 e. The SMILES string of the molecule is CCC(CC(C)O)OCCC#N. The molecule has 0 aliphatic heterocycles. The summed E-state index contributed by atoms with van der Waals surface area (Å²) < 4.78 is 5.36. The summed E-state index contributed by atoms with van der Waals surface area (Å²) in [6.07, 6.45) is 1.74. The number of hydrogen-bond acceptors (Lipinski definition) is 3. The van der Waals surface area contributed by atoms with Gasteiger partial charge in [0.25, 0.3) is 0 Å². The minimum atomic E-state index is -0.322. The normalized spacial score (nSPS) is 15.2. The van der Waals surface area contributed by atoms with Gasteiger partial charge in [-0.25, -0.2) is 0 Å². The van der Waals surface area contributed by atoms with E-state index in [4.69, 9.17) is 15.1 Å². The maximum absolute atomic E-state index is 9.07. The average molecular weight is 171 g/mol. The predicted molar refractivity (Wildman–Crippen MR) is 46.6 cm³/mol. The van der Waals surface area contributed by atoms with E-state index in [2.05, 4.69) is 0 Å². The molecular formula is C9H17NO2. The van der Waals surface area contributed by atoms with Crippen LogP contribution in [0.15, 0.2) is 0 Å². The summed E-state index contributed by atoms with van der Waals surface area (Å²) in [5, 5.41) is 17.3. The molecule has 0 aromatic carbocycles. The van der Waals surface area contributed by atoms with Crippen molar-refractivity contribution in [3.05, 3.63) is 0 Å². The molecule has 0 rings (SSSR count). The molecule has 0 saturated heterocycles. The van der Waals surface area contributed by atoms with E-state index in [0.29, 0.717) is 19.4 Å². The van der Waals surface area contributed by atoms with E-state index < -0.39 is 0 Å². The van der Waals surface area contributed by atoms with E-state index in [9.17, 15) is 0 Å². The number of hydrogen-bond donors (Lipinski definition) is 1. The Morgan fingerprint density at radius 2 is 2.25 bits per heavy atom. The van der Waals surface area contributed by atoms with Crippen molar-refractivity contribution in [2.45, 2.75) is 45.3 Å². The third-order valence-electron chi connectivity index (χ3n) is 1.63. The van der Waals surface area contributed by atoms with Gasteiger partial charge in [0.15, 0.2) is 0 Å². The van der Waals surface area contributed by atoms with Gasteiger partial charge in [0, 0.05) is 0 Å². The first-order valence-electron chi connectivity index (χ1n) is 4.37. The molecule has 1 N–H and O–H groups in total. The number of nitrogens with zero attached hydrogens (tertiary/aromatic N) is 1. The highest BCUT2D eigenvalue weighted by Crippen LogP contribution is 2.06. The van der Waals surface area contributed by atoms with Gasteiger partial charge in [0.1, 0.15) is 0 Å². The monoisotopic (exact) mass is 171 g/mol. The Balaban J connectivity index is 3.47. The largest absolute Gasteiger partial charge is 0.393 e. The van der Waals surface area contributed by atoms with E-state index in [-0.39, 0.29) is 12.2 Å². The molecule has 0 bridgehead atoms. The lowest BCUT2D eigenvalue weighted by molar-refractivity contribution is 0.0188. The Hall–Kier alpha value is -0.590. The number of aliphatic hydroxyl groups is 1. The molecule has 3 nitrogen and oxygen atoms in total. The van der Waals surface area contributed by atoms with Gasteiger partial charge in [-0.15, -0.1) is 0 Å². The minimum absolute atomic E-state index is 0.0957. The average Bonchev–Trinajstić information content (AvgIpc) is 2.02. The molecule has 0 heterocycles. The van der Waals surface area contributed by atoms with Crippen LogP contribution in [0, 0.1) is 11.3 Å². The molecule has 0 aliphatic carbocycles. The fourth-order valence-electron chi connectivity index (χ4n) is 1.00. The van der Waals surface area contributed by atoms with Crippen molar-refractivity contribution in [3.63, 3.8) is 0 Å². The first-order valence-corrected chi connectivity index (χ1v) is 4.37. The van der Waals surface area contributed by atoms with Crippen LogP contribution in [0.1, 0.15) is 33.1 Å². The number of aliphatic hydroxyl groups excluding tert-OH is 1. The van der Waals surface area contributed by atoms with E-state index in [0.717, 1.165) is 6.42 Å². The zero-order chi connectivity index (χ0) is 9.40. The molecule has 0 aromatic rings. The fourth-order valence-corrected chi connectivity index (χ4v) is 1.00. The molecule has 0 aliphatic rings. The molecule has 0 saturated carbocycles. The van der Waals surface area contributed by atoms with Crippen LogP contribution in [-0.4, -0.2) is 23.9 Å². The smallest absolute Gasteiger partial charge is 0.0645 e. The Bertz CT molecular complexity index is 140. The Labute approximate surface area is 74.0 Å². The summed E-state index contributed by atoms with van der Waals surface area (Å²) in [7, 11) is 0. The molecule has 2 unspecified atom stereocenters. The summed E-state index contributed by atoms with van der Waals surface area (Å²) in [6.45, 7) is 4.23. The molecule has 12 heavy (non-hydrogen) atoms. The van der Waals surface area contributed by atoms with Gasteiger partial charge in [-0.1, -0.05) is 6.92 Å². The molecule has 70 valence electrons. The van der Waals surface area contributed by atoms with Gasteiger partial charge in [0.05, 0.1) is 31.3 Å². The highest BCUT2D eigenvalue weighted by atomic mass is 16.5. The lowest BCUT2D eigenvalue weighted by Crippen LogP contribution is -2.18. The number of ether oxygens (including phenoxy) is 1. The van der Waals surface area contributed by atoms with Crippen molar-refractivity contribution in [2.24, 2.45) is 0 Å². The van der Waals surface area contributed by atoms with E-state index in [1.807, 2.05) is 13.0 Å². The van der Waals surface area contributed by atoms with Gasteiger partial charge in [-0.05, 0) is 19.8 Å². The lowest BCUT2D eigenvalue weighted by atomic mass is 10.1. The lowest BCUT2D eigenvalue weighted by Gasteiger charge is -2.16. The van der Waals surface area contributed by atoms with Crippen LogP contribution in [0.2, 0.25) is 0 Å². The maximum Gasteiger partial charge on any atom is 0.0645 e. The highest BCUT2D eigenvalue weighted by Gasteiger charge is 2.08. The molecule has 3 heteroatoms. The van der Waals surface area contributed by atoms with Crippen LogP contribution in [0.5, 0.6) is 0 Å². The molecule has 0 radical (unpaired) electrons. The predicted octanol–water partition coefficient (Wildman–Crippen LogP) is 1.47. The Kier molecular flexibility index (Phi) is 6.73. The van der Waals surface area contributed by atoms with Crippen LogP contribution in [0.3, 0.4) is 0 Å². The second-order valence-corrected chi connectivity index (χ2v) is 2.89. The summed E-state index contributed by atoms with van der Waals surface area (Å²) in [6, 6.07) is 2.01. The molecule has 0 fully saturated rings. The summed E-state index contributed by atoms with van der Waals surface area (Å²) in [5.41, 5.74) is 0. The summed E-state index contributed by atoms with van der Waals surface area (Å²) in [5.74, 6) is 0. The van der Waals surface area contributed by atoms with Gasteiger partial charge in [0.2, 0.25) is 0 Å². The van der Waals surface area contributed by atoms with E-state index in [1.165, 1.54) is 0 Å². The molecule has 2 atom stereocenters. The number of rotatable bonds is 6. The molecule has 0 amide bonds.